The fourth-order valence-corrected chi connectivity index (χ4v) is 4.05. The molecule has 15 atom stereocenters. The molecule has 3 aliphatic rings. The Balaban J connectivity index is 1.57. The minimum Gasteiger partial charge on any atom is -0.394 e. The Kier molecular flexibility index (Phi) is 8.94. The summed E-state index contributed by atoms with van der Waals surface area (Å²) >= 11 is 0. The van der Waals surface area contributed by atoms with Crippen LogP contribution >= 0.6 is 0 Å². The fraction of sp³-hybridized carbons (Fsp3) is 0.944. The van der Waals surface area contributed by atoms with Gasteiger partial charge >= 0.3 is 0 Å². The summed E-state index contributed by atoms with van der Waals surface area (Å²) in [6.45, 7) is -1.47. The summed E-state index contributed by atoms with van der Waals surface area (Å²) in [5.41, 5.74) is 0. The normalized spacial score (nSPS) is 47.6. The summed E-state index contributed by atoms with van der Waals surface area (Å²) in [6.07, 6.45) is -26.2. The third-order valence-corrected chi connectivity index (χ3v) is 6.09. The number of hydrogen-bond acceptors (Lipinski definition) is 16. The molecule has 16 nitrogen and oxygen atoms in total. The highest BCUT2D eigenvalue weighted by Crippen LogP contribution is 2.30. The maximum Gasteiger partial charge on any atom is 0.195 e. The Morgan fingerprint density at radius 2 is 1.26 bits per heavy atom. The van der Waals surface area contributed by atoms with Crippen LogP contribution in [0.3, 0.4) is 0 Å². The zero-order valence-electron chi connectivity index (χ0n) is 17.5. The van der Waals surface area contributed by atoms with Crippen molar-refractivity contribution in [3.05, 3.63) is 0 Å². The molecule has 0 amide bonds. The molecule has 16 heteroatoms. The summed E-state index contributed by atoms with van der Waals surface area (Å²) in [7, 11) is 0. The van der Waals surface area contributed by atoms with Crippen LogP contribution in [0.5, 0.6) is 0 Å². The van der Waals surface area contributed by atoms with E-state index in [1.165, 1.54) is 0 Å². The Morgan fingerprint density at radius 3 is 1.82 bits per heavy atom. The van der Waals surface area contributed by atoms with Crippen molar-refractivity contribution in [2.75, 3.05) is 13.2 Å². The molecule has 0 aromatic rings. The van der Waals surface area contributed by atoms with Gasteiger partial charge in [0.1, 0.15) is 73.2 Å². The number of aliphatic hydroxyl groups is 11. The van der Waals surface area contributed by atoms with E-state index in [4.69, 9.17) is 24.1 Å². The molecule has 3 heterocycles. The van der Waals surface area contributed by atoms with Gasteiger partial charge < -0.3 is 75.1 Å². The number of Topliss-reactive ketones (excluding diaryl/α,β-unsaturated/α-hetero) is 1. The summed E-state index contributed by atoms with van der Waals surface area (Å²) < 4.78 is 20.2. The Bertz CT molecular complexity index is 695. The highest BCUT2D eigenvalue weighted by atomic mass is 16.7. The highest BCUT2D eigenvalue weighted by Gasteiger charge is 2.54. The van der Waals surface area contributed by atoms with Crippen molar-refractivity contribution in [3.63, 3.8) is 0 Å². The molecule has 0 aromatic carbocycles. The molecule has 0 saturated carbocycles. The quantitative estimate of drug-likeness (QED) is 0.140. The van der Waals surface area contributed by atoms with Gasteiger partial charge in [0.25, 0.3) is 0 Å². The molecular weight excluding hydrogens is 472 g/mol. The number of carbonyl (C=O) groups is 1. The van der Waals surface area contributed by atoms with Crippen LogP contribution in [0.25, 0.3) is 0 Å². The Labute approximate surface area is 191 Å². The van der Waals surface area contributed by atoms with Crippen LogP contribution in [0.2, 0.25) is 0 Å². The number of aliphatic hydroxyl groups excluding tert-OH is 11. The first-order valence-electron chi connectivity index (χ1n) is 10.4. The summed E-state index contributed by atoms with van der Waals surface area (Å²) in [5.74, 6) is -1.27. The molecule has 0 bridgehead atoms. The van der Waals surface area contributed by atoms with Crippen molar-refractivity contribution >= 4 is 5.78 Å². The van der Waals surface area contributed by atoms with Crippen molar-refractivity contribution in [1.29, 1.82) is 0 Å². The first-order valence-corrected chi connectivity index (χ1v) is 10.4. The zero-order valence-corrected chi connectivity index (χ0v) is 17.5. The predicted molar refractivity (Wildman–Crippen MR) is 100 cm³/mol. The van der Waals surface area contributed by atoms with Crippen molar-refractivity contribution < 1.29 is 79.9 Å². The summed E-state index contributed by atoms with van der Waals surface area (Å²) in [6, 6.07) is 0. The van der Waals surface area contributed by atoms with Gasteiger partial charge in [0, 0.05) is 0 Å². The summed E-state index contributed by atoms with van der Waals surface area (Å²) in [5, 5.41) is 108. The van der Waals surface area contributed by atoms with Crippen LogP contribution in [0.1, 0.15) is 0 Å². The van der Waals surface area contributed by atoms with Crippen LogP contribution in [0.4, 0.5) is 0 Å². The lowest BCUT2D eigenvalue weighted by Crippen LogP contribution is -2.49. The fourth-order valence-electron chi connectivity index (χ4n) is 4.05. The highest BCUT2D eigenvalue weighted by molar-refractivity contribution is 5.88. The molecule has 0 spiro atoms. The molecule has 34 heavy (non-hydrogen) atoms. The zero-order chi connectivity index (χ0) is 25.5. The van der Waals surface area contributed by atoms with Gasteiger partial charge in [-0.25, -0.2) is 0 Å². The second kappa shape index (κ2) is 11.0. The maximum atomic E-state index is 12.4. The number of ether oxygens (including phenoxy) is 4. The molecule has 3 fully saturated rings. The largest absolute Gasteiger partial charge is 0.394 e. The van der Waals surface area contributed by atoms with E-state index in [0.717, 1.165) is 0 Å². The van der Waals surface area contributed by atoms with Gasteiger partial charge in [-0.2, -0.15) is 0 Å². The average Bonchev–Trinajstić information content (AvgIpc) is 3.38. The number of carbonyl (C=O) groups excluding carboxylic acids is 1. The van der Waals surface area contributed by atoms with Crippen molar-refractivity contribution in [2.45, 2.75) is 91.9 Å². The van der Waals surface area contributed by atoms with E-state index in [1.54, 1.807) is 0 Å². The van der Waals surface area contributed by atoms with Crippen LogP contribution < -0.4 is 0 Å². The third-order valence-electron chi connectivity index (χ3n) is 6.09. The molecule has 3 aliphatic heterocycles. The second-order valence-electron chi connectivity index (χ2n) is 8.42. The molecule has 3 saturated heterocycles. The van der Waals surface area contributed by atoms with Gasteiger partial charge in [-0.15, -0.1) is 0 Å². The van der Waals surface area contributed by atoms with Crippen molar-refractivity contribution in [1.82, 2.24) is 0 Å². The molecule has 198 valence electrons. The molecule has 0 radical (unpaired) electrons. The van der Waals surface area contributed by atoms with Crippen LogP contribution in [0, 0.1) is 0 Å². The molecule has 11 N–H and O–H groups in total. The smallest absolute Gasteiger partial charge is 0.195 e. The molecule has 6 unspecified atom stereocenters. The van der Waals surface area contributed by atoms with E-state index in [9.17, 15) is 55.9 Å². The molecule has 0 aliphatic carbocycles. The van der Waals surface area contributed by atoms with Crippen LogP contribution in [0.15, 0.2) is 0 Å². The van der Waals surface area contributed by atoms with Crippen LogP contribution in [-0.4, -0.2) is 167 Å². The van der Waals surface area contributed by atoms with E-state index in [2.05, 4.69) is 0 Å². The number of ketones is 1. The summed E-state index contributed by atoms with van der Waals surface area (Å²) in [4.78, 5) is 12.4. The molecular formula is C18H30O16. The number of rotatable bonds is 9. The first-order chi connectivity index (χ1) is 15.9. The van der Waals surface area contributed by atoms with Gasteiger partial charge in [-0.1, -0.05) is 0 Å². The van der Waals surface area contributed by atoms with Gasteiger partial charge in [-0.3, -0.25) is 4.79 Å². The third kappa shape index (κ3) is 5.12. The van der Waals surface area contributed by atoms with E-state index < -0.39 is 111 Å². The lowest BCUT2D eigenvalue weighted by molar-refractivity contribution is -0.202. The lowest BCUT2D eigenvalue weighted by Gasteiger charge is -2.25. The average molecular weight is 502 g/mol. The minimum atomic E-state index is -2.20. The lowest BCUT2D eigenvalue weighted by atomic mass is 9.95. The second-order valence-corrected chi connectivity index (χ2v) is 8.42. The molecule has 3 rings (SSSR count). The number of hydrogen-bond donors (Lipinski definition) is 11. The first kappa shape index (κ1) is 27.7. The van der Waals surface area contributed by atoms with Gasteiger partial charge in [-0.05, 0) is 0 Å². The van der Waals surface area contributed by atoms with Gasteiger partial charge in [0.05, 0.1) is 13.2 Å². The minimum absolute atomic E-state index is 0.704. The van der Waals surface area contributed by atoms with E-state index >= 15 is 0 Å². The Morgan fingerprint density at radius 1 is 0.706 bits per heavy atom. The Hall–Kier alpha value is -0.930. The topological polar surface area (TPSA) is 277 Å². The monoisotopic (exact) mass is 502 g/mol. The SMILES string of the molecule is O=C(C(O)[C@@H]1O[C@@H](C(O)CO[C@@H]2O[C@@H](C(O)CO)[C@@H](O)C2O)[C@@H](O)C1O)[C@@H]1O[C@@H](O)C(O)[C@@H]1O. The van der Waals surface area contributed by atoms with E-state index in [-0.39, 0.29) is 0 Å². The van der Waals surface area contributed by atoms with Crippen molar-refractivity contribution in [3.8, 4) is 0 Å². The molecule has 0 aromatic heterocycles. The predicted octanol–water partition coefficient (Wildman–Crippen LogP) is -7.98. The van der Waals surface area contributed by atoms with Gasteiger partial charge in [0.2, 0.25) is 0 Å². The van der Waals surface area contributed by atoms with Gasteiger partial charge in [0.15, 0.2) is 24.5 Å². The van der Waals surface area contributed by atoms with E-state index in [0.29, 0.717) is 0 Å². The van der Waals surface area contributed by atoms with E-state index in [1.807, 2.05) is 0 Å². The standard InChI is InChI=1S/C18H30O16/c19-1-3(20)13-10(27)12(29)18(34-13)31-2-4(21)14-5(22)6(23)15(32-14)7(24)8(25)16-9(26)11(28)17(30)33-16/h3-7,9-24,26-30H,1-2H2/t3?,4?,5-,6?,7?,9-,10-,11?,12?,13-,14-,15+,16-,17+,18+/m0/s1. The maximum absolute atomic E-state index is 12.4. The van der Waals surface area contributed by atoms with Crippen molar-refractivity contribution in [2.24, 2.45) is 0 Å². The van der Waals surface area contributed by atoms with Crippen LogP contribution in [-0.2, 0) is 23.7 Å².